The average molecular weight is 522 g/mol. The Morgan fingerprint density at radius 1 is 1.00 bits per heavy atom. The summed E-state index contributed by atoms with van der Waals surface area (Å²) in [5.41, 5.74) is -1.54. The van der Waals surface area contributed by atoms with Gasteiger partial charge in [-0.15, -0.1) is 0 Å². The van der Waals surface area contributed by atoms with E-state index >= 15 is 0 Å². The lowest BCUT2D eigenvalue weighted by Gasteiger charge is -2.38. The maximum Gasteiger partial charge on any atom is 0.408 e. The minimum Gasteiger partial charge on any atom is -0.463 e. The summed E-state index contributed by atoms with van der Waals surface area (Å²) in [6, 6.07) is -2.74. The van der Waals surface area contributed by atoms with Crippen LogP contribution in [0.5, 0.6) is 0 Å². The van der Waals surface area contributed by atoms with Crippen LogP contribution in [0.4, 0.5) is 4.79 Å². The predicted octanol–water partition coefficient (Wildman–Crippen LogP) is 2.44. The Labute approximate surface area is 219 Å². The molecule has 37 heavy (non-hydrogen) atoms. The van der Waals surface area contributed by atoms with Crippen molar-refractivity contribution in [2.75, 3.05) is 13.7 Å². The number of carbonyl (C=O) groups excluding carboxylic acids is 5. The Balaban J connectivity index is 1.83. The molecule has 1 saturated heterocycles. The number of rotatable bonds is 8. The maximum absolute atomic E-state index is 13.9. The number of hydrogen-bond donors (Lipinski definition) is 2. The van der Waals surface area contributed by atoms with Crippen molar-refractivity contribution in [3.8, 4) is 0 Å². The fourth-order valence-corrected chi connectivity index (χ4v) is 5.47. The van der Waals surface area contributed by atoms with E-state index in [-0.39, 0.29) is 29.1 Å². The van der Waals surface area contributed by atoms with Gasteiger partial charge in [-0.05, 0) is 55.8 Å². The molecule has 3 unspecified atom stereocenters. The molecular formula is C27H43N3O7. The summed E-state index contributed by atoms with van der Waals surface area (Å²) in [7, 11) is 1.13. The van der Waals surface area contributed by atoms with Gasteiger partial charge in [-0.3, -0.25) is 14.4 Å². The minimum absolute atomic E-state index is 0.0894. The van der Waals surface area contributed by atoms with Crippen LogP contribution in [-0.4, -0.2) is 71.9 Å². The van der Waals surface area contributed by atoms with Crippen LogP contribution in [-0.2, 0) is 28.7 Å². The predicted molar refractivity (Wildman–Crippen MR) is 135 cm³/mol. The van der Waals surface area contributed by atoms with Crippen LogP contribution >= 0.6 is 0 Å². The number of ketones is 1. The smallest absolute Gasteiger partial charge is 0.408 e. The molecule has 1 heterocycles. The number of piperidine rings is 1. The lowest BCUT2D eigenvalue weighted by molar-refractivity contribution is -0.153. The molecule has 2 N–H and O–H groups in total. The Morgan fingerprint density at radius 2 is 1.59 bits per heavy atom. The summed E-state index contributed by atoms with van der Waals surface area (Å²) in [5.74, 6) is -2.32. The fraction of sp³-hybridized carbons (Fsp3) is 0.815. The number of ether oxygens (including phenoxy) is 2. The molecular weight excluding hydrogens is 478 g/mol. The third-order valence-corrected chi connectivity index (χ3v) is 7.82. The highest BCUT2D eigenvalue weighted by Crippen LogP contribution is 2.65. The topological polar surface area (TPSA) is 131 Å². The molecule has 3 fully saturated rings. The molecule has 208 valence electrons. The summed E-state index contributed by atoms with van der Waals surface area (Å²) in [6.45, 7) is 15.2. The molecule has 0 aromatic heterocycles. The summed E-state index contributed by atoms with van der Waals surface area (Å²) < 4.78 is 9.99. The van der Waals surface area contributed by atoms with E-state index in [1.165, 1.54) is 4.90 Å². The zero-order valence-electron chi connectivity index (χ0n) is 23.6. The van der Waals surface area contributed by atoms with Crippen LogP contribution in [0.1, 0.15) is 74.7 Å². The van der Waals surface area contributed by atoms with Crippen LogP contribution in [0.25, 0.3) is 0 Å². The first-order valence-electron chi connectivity index (χ1n) is 13.1. The van der Waals surface area contributed by atoms with E-state index in [0.717, 1.165) is 20.0 Å². The summed E-state index contributed by atoms with van der Waals surface area (Å²) in [5, 5.41) is 5.50. The van der Waals surface area contributed by atoms with Gasteiger partial charge in [-0.1, -0.05) is 47.5 Å². The van der Waals surface area contributed by atoms with E-state index in [2.05, 4.69) is 29.2 Å². The number of likely N-dealkylation sites (tertiary alicyclic amines) is 1. The number of fused-ring (bicyclic) bond motifs is 1. The number of nitrogens with one attached hydrogen (secondary N) is 2. The summed E-state index contributed by atoms with van der Waals surface area (Å²) >= 11 is 0. The zero-order chi connectivity index (χ0) is 28.1. The van der Waals surface area contributed by atoms with E-state index in [1.807, 2.05) is 20.8 Å². The number of methoxy groups -OCH3 is 1. The van der Waals surface area contributed by atoms with Gasteiger partial charge in [0.25, 0.3) is 5.78 Å². The van der Waals surface area contributed by atoms with Crippen molar-refractivity contribution in [1.29, 1.82) is 0 Å². The molecule has 10 nitrogen and oxygen atoms in total. The van der Waals surface area contributed by atoms with Gasteiger partial charge in [0.05, 0.1) is 13.2 Å². The Morgan fingerprint density at radius 3 is 2.08 bits per heavy atom. The average Bonchev–Trinajstić information content (AvgIpc) is 3.60. The number of esters is 1. The quantitative estimate of drug-likeness (QED) is 0.370. The Kier molecular flexibility index (Phi) is 7.74. The highest BCUT2D eigenvalue weighted by atomic mass is 16.6. The van der Waals surface area contributed by atoms with Crippen LogP contribution in [0.2, 0.25) is 0 Å². The van der Waals surface area contributed by atoms with Crippen molar-refractivity contribution < 1.29 is 33.4 Å². The first-order valence-corrected chi connectivity index (χ1v) is 13.1. The number of carbonyl (C=O) groups is 5. The molecule has 10 heteroatoms. The fourth-order valence-electron chi connectivity index (χ4n) is 5.47. The Bertz CT molecular complexity index is 958. The van der Waals surface area contributed by atoms with E-state index in [4.69, 9.17) is 4.74 Å². The molecule has 3 rings (SSSR count). The largest absolute Gasteiger partial charge is 0.463 e. The second kappa shape index (κ2) is 9.91. The monoisotopic (exact) mass is 521 g/mol. The molecule has 1 aliphatic heterocycles. The molecule has 3 aliphatic rings. The van der Waals surface area contributed by atoms with E-state index < -0.39 is 52.9 Å². The van der Waals surface area contributed by atoms with Gasteiger partial charge < -0.3 is 25.0 Å². The second-order valence-electron chi connectivity index (χ2n) is 13.4. The van der Waals surface area contributed by atoms with Gasteiger partial charge in [0.1, 0.15) is 17.7 Å². The SMILES string of the molecule is COC(=O)C(=O)C(CC1CC1)NC(=O)[C@@H]1C2[C@H](CN1C(=O)C(NC(=O)OC(C)(C)C)C(C)(C)C)C2(C)C. The van der Waals surface area contributed by atoms with Gasteiger partial charge in [-0.25, -0.2) is 9.59 Å². The molecule has 0 spiro atoms. The molecule has 3 amide bonds. The lowest BCUT2D eigenvalue weighted by atomic mass is 9.85. The molecule has 5 atom stereocenters. The van der Waals surface area contributed by atoms with Gasteiger partial charge in [0, 0.05) is 6.54 Å². The number of alkyl carbamates (subject to hydrolysis) is 1. The van der Waals surface area contributed by atoms with Crippen molar-refractivity contribution in [1.82, 2.24) is 15.5 Å². The molecule has 2 saturated carbocycles. The van der Waals surface area contributed by atoms with Crippen LogP contribution < -0.4 is 10.6 Å². The highest BCUT2D eigenvalue weighted by Gasteiger charge is 2.70. The molecule has 0 aromatic carbocycles. The van der Waals surface area contributed by atoms with Crippen molar-refractivity contribution in [3.63, 3.8) is 0 Å². The van der Waals surface area contributed by atoms with Gasteiger partial charge in [0.15, 0.2) is 0 Å². The van der Waals surface area contributed by atoms with E-state index in [9.17, 15) is 24.0 Å². The molecule has 2 aliphatic carbocycles. The number of amides is 3. The van der Waals surface area contributed by atoms with Crippen LogP contribution in [0.3, 0.4) is 0 Å². The lowest BCUT2D eigenvalue weighted by Crippen LogP contribution is -2.60. The summed E-state index contributed by atoms with van der Waals surface area (Å²) in [6.07, 6.45) is 1.54. The number of Topliss-reactive ketones (excluding diaryl/α,β-unsaturated/α-hetero) is 1. The standard InChI is InChI=1S/C27H43N3O7/c1-25(2,3)20(29-24(35)37-26(4,5)6)22(33)30-13-15-17(27(15,7)8)18(30)21(32)28-16(12-14-10-11-14)19(31)23(34)36-9/h14-18,20H,10-13H2,1-9H3,(H,28,32)(H,29,35)/t15-,16?,17?,18-,20?/m0/s1. The molecule has 0 bridgehead atoms. The minimum atomic E-state index is -0.997. The van der Waals surface area contributed by atoms with Crippen molar-refractivity contribution in [2.24, 2.45) is 28.6 Å². The van der Waals surface area contributed by atoms with Gasteiger partial charge >= 0.3 is 12.1 Å². The van der Waals surface area contributed by atoms with Crippen molar-refractivity contribution in [2.45, 2.75) is 98.4 Å². The maximum atomic E-state index is 13.9. The Hall–Kier alpha value is -2.65. The van der Waals surface area contributed by atoms with E-state index in [0.29, 0.717) is 13.0 Å². The van der Waals surface area contributed by atoms with Gasteiger partial charge in [-0.2, -0.15) is 0 Å². The summed E-state index contributed by atoms with van der Waals surface area (Å²) in [4.78, 5) is 66.3. The van der Waals surface area contributed by atoms with Crippen LogP contribution in [0, 0.1) is 28.6 Å². The number of nitrogens with zero attached hydrogens (tertiary/aromatic N) is 1. The van der Waals surface area contributed by atoms with Gasteiger partial charge in [0.2, 0.25) is 11.8 Å². The molecule has 0 aromatic rings. The normalized spacial score (nSPS) is 25.9. The first-order chi connectivity index (χ1) is 16.9. The van der Waals surface area contributed by atoms with Crippen molar-refractivity contribution >= 4 is 29.7 Å². The highest BCUT2D eigenvalue weighted by molar-refractivity contribution is 6.36. The third kappa shape index (κ3) is 6.44. The second-order valence-corrected chi connectivity index (χ2v) is 13.4. The zero-order valence-corrected chi connectivity index (χ0v) is 23.6. The van der Waals surface area contributed by atoms with Crippen LogP contribution in [0.15, 0.2) is 0 Å². The third-order valence-electron chi connectivity index (χ3n) is 7.82. The first kappa shape index (κ1) is 28.9. The number of hydrogen-bond acceptors (Lipinski definition) is 7. The van der Waals surface area contributed by atoms with E-state index in [1.54, 1.807) is 20.8 Å². The molecule has 0 radical (unpaired) electrons. The van der Waals surface area contributed by atoms with Crippen molar-refractivity contribution in [3.05, 3.63) is 0 Å².